The average molecular weight is 395 g/mol. The van der Waals surface area contributed by atoms with Gasteiger partial charge in [-0.3, -0.25) is 9.78 Å². The zero-order chi connectivity index (χ0) is 19.6. The SMILES string of the molecule is Cn1ccnc1C(NC(=O)c1ccc(C(F)(F)F)nc1)c1ccc(Cl)cc1. The number of hydrogen-bond donors (Lipinski definition) is 1. The van der Waals surface area contributed by atoms with Crippen LogP contribution in [-0.4, -0.2) is 20.4 Å². The van der Waals surface area contributed by atoms with Gasteiger partial charge in [0.15, 0.2) is 0 Å². The van der Waals surface area contributed by atoms with Crippen LogP contribution in [0, 0.1) is 0 Å². The standard InChI is InChI=1S/C18H14ClF3N4O/c1-26-9-8-23-16(26)15(11-2-5-13(19)6-3-11)25-17(27)12-4-7-14(24-10-12)18(20,21)22/h2-10,15H,1H3,(H,25,27). The maximum absolute atomic E-state index is 12.6. The second-order valence-corrected chi connectivity index (χ2v) is 6.22. The summed E-state index contributed by atoms with van der Waals surface area (Å²) < 4.78 is 39.6. The van der Waals surface area contributed by atoms with Crippen molar-refractivity contribution < 1.29 is 18.0 Å². The van der Waals surface area contributed by atoms with E-state index in [4.69, 9.17) is 11.6 Å². The number of alkyl halides is 3. The van der Waals surface area contributed by atoms with Gasteiger partial charge in [0.1, 0.15) is 17.6 Å². The van der Waals surface area contributed by atoms with E-state index in [-0.39, 0.29) is 5.56 Å². The largest absolute Gasteiger partial charge is 0.433 e. The highest BCUT2D eigenvalue weighted by atomic mass is 35.5. The van der Waals surface area contributed by atoms with Gasteiger partial charge in [-0.2, -0.15) is 13.2 Å². The van der Waals surface area contributed by atoms with Gasteiger partial charge in [0, 0.05) is 30.7 Å². The normalized spacial score (nSPS) is 12.6. The molecule has 0 aliphatic carbocycles. The summed E-state index contributed by atoms with van der Waals surface area (Å²) in [5.74, 6) is -0.00952. The molecule has 27 heavy (non-hydrogen) atoms. The molecule has 2 aromatic heterocycles. The molecule has 1 aromatic carbocycles. The van der Waals surface area contributed by atoms with E-state index in [2.05, 4.69) is 15.3 Å². The maximum Gasteiger partial charge on any atom is 0.433 e. The molecule has 1 N–H and O–H groups in total. The second kappa shape index (κ2) is 7.40. The molecule has 0 radical (unpaired) electrons. The van der Waals surface area contributed by atoms with Crippen LogP contribution in [0.5, 0.6) is 0 Å². The quantitative estimate of drug-likeness (QED) is 0.727. The van der Waals surface area contributed by atoms with Gasteiger partial charge in [-0.05, 0) is 29.8 Å². The van der Waals surface area contributed by atoms with Gasteiger partial charge in [0.25, 0.3) is 5.91 Å². The minimum atomic E-state index is -4.56. The van der Waals surface area contributed by atoms with Crippen LogP contribution in [0.1, 0.15) is 33.5 Å². The number of pyridine rings is 1. The predicted octanol–water partition coefficient (Wildman–Crippen LogP) is 4.01. The fourth-order valence-electron chi connectivity index (χ4n) is 2.52. The van der Waals surface area contributed by atoms with Crippen LogP contribution in [0.2, 0.25) is 5.02 Å². The first-order valence-electron chi connectivity index (χ1n) is 7.82. The molecular weight excluding hydrogens is 381 g/mol. The minimum absolute atomic E-state index is 0.0103. The molecule has 2 heterocycles. The number of hydrogen-bond acceptors (Lipinski definition) is 3. The number of benzene rings is 1. The Hall–Kier alpha value is -2.87. The van der Waals surface area contributed by atoms with Gasteiger partial charge in [-0.15, -0.1) is 0 Å². The van der Waals surface area contributed by atoms with Crippen molar-refractivity contribution in [1.82, 2.24) is 19.9 Å². The van der Waals surface area contributed by atoms with Crippen LogP contribution in [0.4, 0.5) is 13.2 Å². The van der Waals surface area contributed by atoms with Gasteiger partial charge in [0.05, 0.1) is 5.56 Å². The van der Waals surface area contributed by atoms with Gasteiger partial charge >= 0.3 is 6.18 Å². The Bertz CT molecular complexity index is 936. The number of amides is 1. The smallest absolute Gasteiger partial charge is 0.338 e. The lowest BCUT2D eigenvalue weighted by Gasteiger charge is -2.19. The van der Waals surface area contributed by atoms with E-state index in [9.17, 15) is 18.0 Å². The van der Waals surface area contributed by atoms with Crippen molar-refractivity contribution in [1.29, 1.82) is 0 Å². The lowest BCUT2D eigenvalue weighted by molar-refractivity contribution is -0.141. The van der Waals surface area contributed by atoms with Crippen LogP contribution in [0.25, 0.3) is 0 Å². The molecular formula is C18H14ClF3N4O. The minimum Gasteiger partial charge on any atom is -0.338 e. The molecule has 0 fully saturated rings. The van der Waals surface area contributed by atoms with Crippen LogP contribution in [0.15, 0.2) is 55.0 Å². The number of aromatic nitrogens is 3. The van der Waals surface area contributed by atoms with Crippen molar-refractivity contribution in [2.75, 3.05) is 0 Å². The molecule has 0 bridgehead atoms. The Balaban J connectivity index is 1.89. The third-order valence-corrected chi connectivity index (χ3v) is 4.16. The molecule has 1 atom stereocenters. The van der Waals surface area contributed by atoms with Crippen LogP contribution >= 0.6 is 11.6 Å². The summed E-state index contributed by atoms with van der Waals surface area (Å²) in [7, 11) is 1.77. The molecule has 1 amide bonds. The molecule has 0 saturated carbocycles. The number of aryl methyl sites for hydroxylation is 1. The number of carbonyl (C=O) groups is 1. The van der Waals surface area contributed by atoms with Crippen LogP contribution in [-0.2, 0) is 13.2 Å². The number of nitrogens with zero attached hydrogens (tertiary/aromatic N) is 3. The molecule has 0 aliphatic rings. The van der Waals surface area contributed by atoms with Gasteiger partial charge < -0.3 is 9.88 Å². The van der Waals surface area contributed by atoms with Crippen LogP contribution in [0.3, 0.4) is 0 Å². The van der Waals surface area contributed by atoms with E-state index >= 15 is 0 Å². The van der Waals surface area contributed by atoms with Crippen LogP contribution < -0.4 is 5.32 Å². The first-order chi connectivity index (χ1) is 12.8. The maximum atomic E-state index is 12.6. The van der Waals surface area contributed by atoms with E-state index in [0.717, 1.165) is 23.9 Å². The summed E-state index contributed by atoms with van der Waals surface area (Å²) in [6, 6.07) is 8.09. The fourth-order valence-corrected chi connectivity index (χ4v) is 2.64. The molecule has 3 aromatic rings. The highest BCUT2D eigenvalue weighted by molar-refractivity contribution is 6.30. The third-order valence-electron chi connectivity index (χ3n) is 3.91. The number of halogens is 4. The molecule has 0 saturated heterocycles. The zero-order valence-electron chi connectivity index (χ0n) is 14.0. The fraction of sp³-hybridized carbons (Fsp3) is 0.167. The molecule has 3 rings (SSSR count). The van der Waals surface area contributed by atoms with Crippen molar-refractivity contribution in [2.45, 2.75) is 12.2 Å². The Kier molecular flexibility index (Phi) is 5.18. The van der Waals surface area contributed by atoms with Crippen molar-refractivity contribution in [3.63, 3.8) is 0 Å². The topological polar surface area (TPSA) is 59.8 Å². The average Bonchev–Trinajstić information content (AvgIpc) is 3.05. The Morgan fingerprint density at radius 3 is 2.37 bits per heavy atom. The molecule has 0 spiro atoms. The van der Waals surface area contributed by atoms with Gasteiger partial charge in [0.2, 0.25) is 0 Å². The lowest BCUT2D eigenvalue weighted by atomic mass is 10.1. The van der Waals surface area contributed by atoms with Gasteiger partial charge in [-0.1, -0.05) is 23.7 Å². The molecule has 0 aliphatic heterocycles. The monoisotopic (exact) mass is 394 g/mol. The highest BCUT2D eigenvalue weighted by Gasteiger charge is 2.32. The summed E-state index contributed by atoms with van der Waals surface area (Å²) in [5, 5.41) is 3.32. The van der Waals surface area contributed by atoms with E-state index in [1.807, 2.05) is 0 Å². The molecule has 9 heteroatoms. The van der Waals surface area contributed by atoms with Crippen molar-refractivity contribution in [2.24, 2.45) is 7.05 Å². The van der Waals surface area contributed by atoms with E-state index in [0.29, 0.717) is 10.8 Å². The number of rotatable bonds is 4. The van der Waals surface area contributed by atoms with E-state index in [1.54, 1.807) is 48.3 Å². The summed E-state index contributed by atoms with van der Waals surface area (Å²) in [5.41, 5.74) is -0.324. The zero-order valence-corrected chi connectivity index (χ0v) is 14.8. The lowest BCUT2D eigenvalue weighted by Crippen LogP contribution is -2.31. The Morgan fingerprint density at radius 1 is 1.15 bits per heavy atom. The summed E-state index contributed by atoms with van der Waals surface area (Å²) in [6.45, 7) is 0. The number of nitrogens with one attached hydrogen (secondary N) is 1. The Labute approximate surface area is 157 Å². The van der Waals surface area contributed by atoms with Crippen molar-refractivity contribution >= 4 is 17.5 Å². The Morgan fingerprint density at radius 2 is 1.85 bits per heavy atom. The third kappa shape index (κ3) is 4.28. The molecule has 140 valence electrons. The van der Waals surface area contributed by atoms with Crippen molar-refractivity contribution in [3.05, 3.63) is 82.7 Å². The van der Waals surface area contributed by atoms with E-state index < -0.39 is 23.8 Å². The summed E-state index contributed by atoms with van der Waals surface area (Å²) in [6.07, 6.45) is -0.350. The van der Waals surface area contributed by atoms with Crippen molar-refractivity contribution in [3.8, 4) is 0 Å². The first-order valence-corrected chi connectivity index (χ1v) is 8.20. The summed E-state index contributed by atoms with van der Waals surface area (Å²) in [4.78, 5) is 20.1. The molecule has 1 unspecified atom stereocenters. The predicted molar refractivity (Wildman–Crippen MR) is 93.2 cm³/mol. The number of imidazole rings is 1. The van der Waals surface area contributed by atoms with Gasteiger partial charge in [-0.25, -0.2) is 4.98 Å². The first kappa shape index (κ1) is 18.9. The number of carbonyl (C=O) groups excluding carboxylic acids is 1. The highest BCUT2D eigenvalue weighted by Crippen LogP contribution is 2.27. The molecule has 5 nitrogen and oxygen atoms in total. The van der Waals surface area contributed by atoms with E-state index in [1.165, 1.54) is 0 Å². The summed E-state index contributed by atoms with van der Waals surface area (Å²) >= 11 is 5.92. The second-order valence-electron chi connectivity index (χ2n) is 5.78.